The standard InChI is InChI=1S/C15H30N2O/c1-12(8-7-9-13(2)16)15(18)17-14-10-5-3-4-6-11-14/h12-14H,3-11,16H2,1-2H3,(H,17,18). The van der Waals surface area contributed by atoms with E-state index in [1.807, 2.05) is 13.8 Å². The fraction of sp³-hybridized carbons (Fsp3) is 0.933. The number of rotatable bonds is 6. The smallest absolute Gasteiger partial charge is 0.223 e. The van der Waals surface area contributed by atoms with Gasteiger partial charge in [0.1, 0.15) is 0 Å². The molecule has 2 unspecified atom stereocenters. The summed E-state index contributed by atoms with van der Waals surface area (Å²) in [6, 6.07) is 0.679. The zero-order valence-corrected chi connectivity index (χ0v) is 12.1. The second-order valence-corrected chi connectivity index (χ2v) is 6.01. The van der Waals surface area contributed by atoms with Crippen molar-refractivity contribution in [2.75, 3.05) is 0 Å². The second kappa shape index (κ2) is 8.52. The fourth-order valence-corrected chi connectivity index (χ4v) is 2.64. The van der Waals surface area contributed by atoms with Gasteiger partial charge in [0.05, 0.1) is 0 Å². The van der Waals surface area contributed by atoms with Crippen LogP contribution in [0.5, 0.6) is 0 Å². The van der Waals surface area contributed by atoms with E-state index in [-0.39, 0.29) is 17.9 Å². The quantitative estimate of drug-likeness (QED) is 0.716. The van der Waals surface area contributed by atoms with E-state index in [1.54, 1.807) is 0 Å². The van der Waals surface area contributed by atoms with E-state index < -0.39 is 0 Å². The minimum atomic E-state index is 0.131. The van der Waals surface area contributed by atoms with Crippen LogP contribution in [0.25, 0.3) is 0 Å². The zero-order valence-electron chi connectivity index (χ0n) is 12.1. The molecule has 0 heterocycles. The Bertz CT molecular complexity index is 233. The van der Waals surface area contributed by atoms with E-state index in [2.05, 4.69) is 5.32 Å². The topological polar surface area (TPSA) is 55.1 Å². The highest BCUT2D eigenvalue weighted by atomic mass is 16.1. The first-order valence-corrected chi connectivity index (χ1v) is 7.65. The van der Waals surface area contributed by atoms with Crippen LogP contribution < -0.4 is 11.1 Å². The molecule has 18 heavy (non-hydrogen) atoms. The summed E-state index contributed by atoms with van der Waals surface area (Å²) in [7, 11) is 0. The lowest BCUT2D eigenvalue weighted by atomic mass is 10.00. The molecule has 0 aromatic rings. The third kappa shape index (κ3) is 6.39. The van der Waals surface area contributed by atoms with Crippen LogP contribution in [0.4, 0.5) is 0 Å². The lowest BCUT2D eigenvalue weighted by Gasteiger charge is -2.19. The van der Waals surface area contributed by atoms with Crippen LogP contribution in [0, 0.1) is 5.92 Å². The van der Waals surface area contributed by atoms with Gasteiger partial charge in [0, 0.05) is 18.0 Å². The van der Waals surface area contributed by atoms with Gasteiger partial charge in [-0.25, -0.2) is 0 Å². The maximum atomic E-state index is 12.1. The Hall–Kier alpha value is -0.570. The molecule has 3 nitrogen and oxygen atoms in total. The van der Waals surface area contributed by atoms with Crippen LogP contribution in [0.15, 0.2) is 0 Å². The molecule has 0 spiro atoms. The average molecular weight is 254 g/mol. The molecule has 2 atom stereocenters. The van der Waals surface area contributed by atoms with Gasteiger partial charge >= 0.3 is 0 Å². The number of hydrogen-bond acceptors (Lipinski definition) is 2. The molecule has 3 N–H and O–H groups in total. The number of nitrogens with one attached hydrogen (secondary N) is 1. The van der Waals surface area contributed by atoms with Crippen LogP contribution in [0.3, 0.4) is 0 Å². The van der Waals surface area contributed by atoms with E-state index in [1.165, 1.54) is 25.7 Å². The average Bonchev–Trinajstić information content (AvgIpc) is 2.57. The van der Waals surface area contributed by atoms with Gasteiger partial charge in [-0.05, 0) is 32.6 Å². The highest BCUT2D eigenvalue weighted by Gasteiger charge is 2.18. The Morgan fingerprint density at radius 1 is 1.17 bits per heavy atom. The Morgan fingerprint density at radius 3 is 2.33 bits per heavy atom. The van der Waals surface area contributed by atoms with Crippen molar-refractivity contribution >= 4 is 5.91 Å². The van der Waals surface area contributed by atoms with E-state index >= 15 is 0 Å². The zero-order chi connectivity index (χ0) is 13.4. The van der Waals surface area contributed by atoms with Crippen molar-refractivity contribution in [1.82, 2.24) is 5.32 Å². The largest absolute Gasteiger partial charge is 0.353 e. The fourth-order valence-electron chi connectivity index (χ4n) is 2.64. The van der Waals surface area contributed by atoms with Crippen LogP contribution in [0.1, 0.15) is 71.6 Å². The molecule has 0 bridgehead atoms. The number of carbonyl (C=O) groups is 1. The Labute approximate surface area is 112 Å². The van der Waals surface area contributed by atoms with Crippen LogP contribution in [-0.4, -0.2) is 18.0 Å². The summed E-state index contributed by atoms with van der Waals surface area (Å²) in [5.74, 6) is 0.374. The predicted octanol–water partition coefficient (Wildman–Crippen LogP) is 2.98. The molecule has 0 aromatic carbocycles. The highest BCUT2D eigenvalue weighted by molar-refractivity contribution is 5.78. The van der Waals surface area contributed by atoms with Gasteiger partial charge in [0.25, 0.3) is 0 Å². The first kappa shape index (κ1) is 15.5. The summed E-state index contributed by atoms with van der Waals surface area (Å²) in [6.45, 7) is 4.06. The normalized spacial score (nSPS) is 21.1. The Morgan fingerprint density at radius 2 is 1.78 bits per heavy atom. The molecule has 1 saturated carbocycles. The van der Waals surface area contributed by atoms with Crippen LogP contribution in [-0.2, 0) is 4.79 Å². The maximum absolute atomic E-state index is 12.1. The number of amides is 1. The van der Waals surface area contributed by atoms with Gasteiger partial charge in [0.2, 0.25) is 5.91 Å². The molecule has 1 aliphatic rings. The number of nitrogens with two attached hydrogens (primary N) is 1. The van der Waals surface area contributed by atoms with Crippen molar-refractivity contribution in [3.05, 3.63) is 0 Å². The Balaban J connectivity index is 2.21. The predicted molar refractivity (Wildman–Crippen MR) is 76.3 cm³/mol. The molecule has 1 aliphatic carbocycles. The van der Waals surface area contributed by atoms with Gasteiger partial charge in [-0.3, -0.25) is 4.79 Å². The Kier molecular flexibility index (Phi) is 7.33. The minimum absolute atomic E-state index is 0.131. The van der Waals surface area contributed by atoms with Crippen molar-refractivity contribution in [3.63, 3.8) is 0 Å². The number of hydrogen-bond donors (Lipinski definition) is 2. The first-order valence-electron chi connectivity index (χ1n) is 7.65. The molecule has 0 radical (unpaired) electrons. The maximum Gasteiger partial charge on any atom is 0.223 e. The van der Waals surface area contributed by atoms with Crippen molar-refractivity contribution in [1.29, 1.82) is 0 Å². The number of carbonyl (C=O) groups excluding carboxylic acids is 1. The molecule has 1 amide bonds. The summed E-state index contributed by atoms with van der Waals surface area (Å²) in [4.78, 5) is 12.1. The van der Waals surface area contributed by atoms with Crippen molar-refractivity contribution in [2.24, 2.45) is 11.7 Å². The van der Waals surface area contributed by atoms with E-state index in [9.17, 15) is 4.79 Å². The summed E-state index contributed by atoms with van der Waals surface area (Å²) in [6.07, 6.45) is 10.6. The third-order valence-corrected chi connectivity index (χ3v) is 3.95. The van der Waals surface area contributed by atoms with Crippen LogP contribution >= 0.6 is 0 Å². The van der Waals surface area contributed by atoms with E-state index in [0.717, 1.165) is 32.1 Å². The summed E-state index contributed by atoms with van der Waals surface area (Å²) < 4.78 is 0. The summed E-state index contributed by atoms with van der Waals surface area (Å²) >= 11 is 0. The minimum Gasteiger partial charge on any atom is -0.353 e. The highest BCUT2D eigenvalue weighted by Crippen LogP contribution is 2.18. The molecule has 106 valence electrons. The molecule has 1 fully saturated rings. The van der Waals surface area contributed by atoms with Crippen LogP contribution in [0.2, 0.25) is 0 Å². The summed E-state index contributed by atoms with van der Waals surface area (Å²) in [5, 5.41) is 3.23. The molecule has 0 aromatic heterocycles. The lowest BCUT2D eigenvalue weighted by Crippen LogP contribution is -2.37. The molecular formula is C15H30N2O. The van der Waals surface area contributed by atoms with E-state index in [4.69, 9.17) is 5.73 Å². The molecule has 0 saturated heterocycles. The lowest BCUT2D eigenvalue weighted by molar-refractivity contribution is -0.125. The van der Waals surface area contributed by atoms with E-state index in [0.29, 0.717) is 6.04 Å². The third-order valence-electron chi connectivity index (χ3n) is 3.95. The second-order valence-electron chi connectivity index (χ2n) is 6.01. The van der Waals surface area contributed by atoms with Gasteiger partial charge in [-0.15, -0.1) is 0 Å². The van der Waals surface area contributed by atoms with Gasteiger partial charge in [-0.1, -0.05) is 39.0 Å². The van der Waals surface area contributed by atoms with Gasteiger partial charge < -0.3 is 11.1 Å². The molecule has 3 heteroatoms. The summed E-state index contributed by atoms with van der Waals surface area (Å²) in [5.41, 5.74) is 5.72. The molecular weight excluding hydrogens is 224 g/mol. The molecule has 0 aliphatic heterocycles. The SMILES string of the molecule is CC(N)CCCC(C)C(=O)NC1CCCCCC1. The first-order chi connectivity index (χ1) is 8.59. The van der Waals surface area contributed by atoms with Gasteiger partial charge in [-0.2, -0.15) is 0 Å². The van der Waals surface area contributed by atoms with Crippen molar-refractivity contribution in [3.8, 4) is 0 Å². The van der Waals surface area contributed by atoms with Gasteiger partial charge in [0.15, 0.2) is 0 Å². The van der Waals surface area contributed by atoms with Crippen molar-refractivity contribution < 1.29 is 4.79 Å². The molecule has 1 rings (SSSR count). The van der Waals surface area contributed by atoms with Crippen molar-refractivity contribution in [2.45, 2.75) is 83.7 Å². The monoisotopic (exact) mass is 254 g/mol.